The Labute approximate surface area is 96.6 Å². The van der Waals surface area contributed by atoms with E-state index in [2.05, 4.69) is 22.0 Å². The Bertz CT molecular complexity index is 185. The molecule has 0 bridgehead atoms. The first-order valence-electron chi connectivity index (χ1n) is 6.08. The van der Waals surface area contributed by atoms with Crippen LogP contribution in [0, 0.1) is 0 Å². The summed E-state index contributed by atoms with van der Waals surface area (Å²) in [5.41, 5.74) is 0. The summed E-state index contributed by atoms with van der Waals surface area (Å²) in [5, 5.41) is 13.1. The smallest absolute Gasteiger partial charge is 0.0693 e. The minimum atomic E-state index is -0.0955. The third kappa shape index (κ3) is 3.63. The van der Waals surface area contributed by atoms with Gasteiger partial charge in [0.2, 0.25) is 0 Å². The van der Waals surface area contributed by atoms with E-state index in [1.165, 1.54) is 31.0 Å². The molecular weight excluding hydrogens is 208 g/mol. The monoisotopic (exact) mass is 230 g/mol. The maximum Gasteiger partial charge on any atom is 0.0693 e. The molecule has 0 aromatic carbocycles. The largest absolute Gasteiger partial charge is 0.392 e. The Morgan fingerprint density at radius 3 is 2.73 bits per heavy atom. The van der Waals surface area contributed by atoms with E-state index in [0.29, 0.717) is 6.04 Å². The van der Waals surface area contributed by atoms with Crippen molar-refractivity contribution in [1.82, 2.24) is 10.2 Å². The number of nitrogens with zero attached hydrogens (tertiary/aromatic N) is 1. The summed E-state index contributed by atoms with van der Waals surface area (Å²) >= 11 is 2.06. The average Bonchev–Trinajstić information content (AvgIpc) is 2.66. The number of nitrogens with one attached hydrogen (secondary N) is 1. The molecule has 2 rings (SSSR count). The molecule has 3 nitrogen and oxygen atoms in total. The van der Waals surface area contributed by atoms with Gasteiger partial charge in [-0.05, 0) is 19.3 Å². The first-order chi connectivity index (χ1) is 7.36. The number of aliphatic hydroxyl groups excluding tert-OH is 1. The molecule has 4 heteroatoms. The summed E-state index contributed by atoms with van der Waals surface area (Å²) in [6, 6.07) is 0.365. The normalized spacial score (nSPS) is 33.4. The van der Waals surface area contributed by atoms with E-state index in [-0.39, 0.29) is 6.10 Å². The van der Waals surface area contributed by atoms with E-state index in [1.807, 2.05) is 0 Å². The first-order valence-corrected chi connectivity index (χ1v) is 7.23. The summed E-state index contributed by atoms with van der Waals surface area (Å²) in [6.45, 7) is 4.65. The van der Waals surface area contributed by atoms with Gasteiger partial charge in [0.1, 0.15) is 0 Å². The molecule has 15 heavy (non-hydrogen) atoms. The molecule has 1 heterocycles. The van der Waals surface area contributed by atoms with Crippen LogP contribution in [0.3, 0.4) is 0 Å². The average molecular weight is 230 g/mol. The third-order valence-electron chi connectivity index (χ3n) is 3.42. The minimum absolute atomic E-state index is 0.0955. The molecule has 0 aromatic rings. The van der Waals surface area contributed by atoms with Crippen molar-refractivity contribution in [3.05, 3.63) is 0 Å². The van der Waals surface area contributed by atoms with Crippen LogP contribution in [-0.2, 0) is 0 Å². The van der Waals surface area contributed by atoms with Crippen LogP contribution in [0.4, 0.5) is 0 Å². The quantitative estimate of drug-likeness (QED) is 0.739. The van der Waals surface area contributed by atoms with Gasteiger partial charge in [-0.25, -0.2) is 0 Å². The fourth-order valence-corrected chi connectivity index (χ4v) is 3.39. The van der Waals surface area contributed by atoms with Gasteiger partial charge in [-0.1, -0.05) is 0 Å². The zero-order chi connectivity index (χ0) is 10.5. The Kier molecular flexibility index (Phi) is 4.75. The molecular formula is C11H22N2OS. The van der Waals surface area contributed by atoms with Crippen LogP contribution in [0.25, 0.3) is 0 Å². The van der Waals surface area contributed by atoms with E-state index in [4.69, 9.17) is 0 Å². The fourth-order valence-electron chi connectivity index (χ4n) is 2.41. The van der Waals surface area contributed by atoms with Crippen molar-refractivity contribution in [1.29, 1.82) is 0 Å². The van der Waals surface area contributed by atoms with Crippen molar-refractivity contribution >= 4 is 11.8 Å². The molecule has 1 saturated carbocycles. The second-order valence-electron chi connectivity index (χ2n) is 4.51. The van der Waals surface area contributed by atoms with E-state index in [9.17, 15) is 5.11 Å². The van der Waals surface area contributed by atoms with Crippen LogP contribution in [-0.4, -0.2) is 59.8 Å². The molecule has 0 unspecified atom stereocenters. The topological polar surface area (TPSA) is 35.5 Å². The van der Waals surface area contributed by atoms with Crippen LogP contribution in [0.2, 0.25) is 0 Å². The van der Waals surface area contributed by atoms with Crippen molar-refractivity contribution in [3.8, 4) is 0 Å². The van der Waals surface area contributed by atoms with Crippen LogP contribution >= 0.6 is 11.8 Å². The molecule has 0 aromatic heterocycles. The lowest BCUT2D eigenvalue weighted by Crippen LogP contribution is -2.42. The summed E-state index contributed by atoms with van der Waals surface area (Å²) in [4.78, 5) is 2.52. The molecule has 1 saturated heterocycles. The molecule has 2 aliphatic rings. The van der Waals surface area contributed by atoms with Crippen molar-refractivity contribution < 1.29 is 5.11 Å². The Morgan fingerprint density at radius 2 is 2.07 bits per heavy atom. The zero-order valence-corrected chi connectivity index (χ0v) is 10.1. The SMILES string of the molecule is O[C@@H]1CCC[C@H]1NCCN1CCSCC1. The van der Waals surface area contributed by atoms with Crippen LogP contribution < -0.4 is 5.32 Å². The number of hydrogen-bond acceptors (Lipinski definition) is 4. The second-order valence-corrected chi connectivity index (χ2v) is 5.74. The van der Waals surface area contributed by atoms with Gasteiger partial charge in [0.25, 0.3) is 0 Å². The summed E-state index contributed by atoms with van der Waals surface area (Å²) < 4.78 is 0. The molecule has 0 amide bonds. The lowest BCUT2D eigenvalue weighted by Gasteiger charge is -2.27. The highest BCUT2D eigenvalue weighted by atomic mass is 32.2. The van der Waals surface area contributed by atoms with Gasteiger partial charge in [-0.3, -0.25) is 0 Å². The minimum Gasteiger partial charge on any atom is -0.392 e. The molecule has 0 radical (unpaired) electrons. The molecule has 2 atom stereocenters. The maximum atomic E-state index is 9.65. The molecule has 88 valence electrons. The highest BCUT2D eigenvalue weighted by Crippen LogP contribution is 2.18. The molecule has 2 N–H and O–H groups in total. The van der Waals surface area contributed by atoms with Gasteiger partial charge >= 0.3 is 0 Å². The standard InChI is InChI=1S/C11H22N2OS/c14-11-3-1-2-10(11)12-4-5-13-6-8-15-9-7-13/h10-12,14H,1-9H2/t10-,11-/m1/s1. The van der Waals surface area contributed by atoms with Gasteiger partial charge in [-0.2, -0.15) is 11.8 Å². The fraction of sp³-hybridized carbons (Fsp3) is 1.00. The van der Waals surface area contributed by atoms with E-state index < -0.39 is 0 Å². The van der Waals surface area contributed by atoms with Crippen molar-refractivity contribution in [2.45, 2.75) is 31.4 Å². The van der Waals surface area contributed by atoms with Crippen LogP contribution in [0.15, 0.2) is 0 Å². The van der Waals surface area contributed by atoms with E-state index in [1.54, 1.807) is 0 Å². The highest BCUT2D eigenvalue weighted by molar-refractivity contribution is 7.99. The second kappa shape index (κ2) is 6.09. The Morgan fingerprint density at radius 1 is 1.27 bits per heavy atom. The summed E-state index contributed by atoms with van der Waals surface area (Å²) in [5.74, 6) is 2.57. The Hall–Kier alpha value is 0.230. The summed E-state index contributed by atoms with van der Waals surface area (Å²) in [7, 11) is 0. The van der Waals surface area contributed by atoms with Gasteiger partial charge in [0, 0.05) is 43.7 Å². The van der Waals surface area contributed by atoms with Crippen molar-refractivity contribution in [2.24, 2.45) is 0 Å². The van der Waals surface area contributed by atoms with E-state index in [0.717, 1.165) is 25.9 Å². The van der Waals surface area contributed by atoms with Crippen LogP contribution in [0.1, 0.15) is 19.3 Å². The molecule has 1 aliphatic heterocycles. The highest BCUT2D eigenvalue weighted by Gasteiger charge is 2.24. The molecule has 0 spiro atoms. The van der Waals surface area contributed by atoms with Gasteiger partial charge in [0.15, 0.2) is 0 Å². The molecule has 2 fully saturated rings. The molecule has 1 aliphatic carbocycles. The van der Waals surface area contributed by atoms with Crippen molar-refractivity contribution in [2.75, 3.05) is 37.7 Å². The zero-order valence-electron chi connectivity index (χ0n) is 9.32. The predicted octanol–water partition coefficient (Wildman–Crippen LogP) is 0.538. The van der Waals surface area contributed by atoms with E-state index >= 15 is 0 Å². The van der Waals surface area contributed by atoms with Gasteiger partial charge in [0.05, 0.1) is 6.10 Å². The van der Waals surface area contributed by atoms with Crippen molar-refractivity contribution in [3.63, 3.8) is 0 Å². The van der Waals surface area contributed by atoms with Crippen LogP contribution in [0.5, 0.6) is 0 Å². The van der Waals surface area contributed by atoms with Gasteiger partial charge < -0.3 is 15.3 Å². The summed E-state index contributed by atoms with van der Waals surface area (Å²) in [6.07, 6.45) is 3.22. The first kappa shape index (κ1) is 11.7. The lowest BCUT2D eigenvalue weighted by molar-refractivity contribution is 0.147. The maximum absolute atomic E-state index is 9.65. The number of thioether (sulfide) groups is 1. The Balaban J connectivity index is 1.57. The number of rotatable bonds is 4. The number of hydrogen-bond donors (Lipinski definition) is 2. The number of aliphatic hydroxyl groups is 1. The third-order valence-corrected chi connectivity index (χ3v) is 4.36. The lowest BCUT2D eigenvalue weighted by atomic mass is 10.2. The predicted molar refractivity (Wildman–Crippen MR) is 65.4 cm³/mol. The van der Waals surface area contributed by atoms with Gasteiger partial charge in [-0.15, -0.1) is 0 Å².